The van der Waals surface area contributed by atoms with E-state index in [0.717, 1.165) is 51.9 Å². The maximum absolute atomic E-state index is 12.1. The van der Waals surface area contributed by atoms with Gasteiger partial charge in [0.15, 0.2) is 9.84 Å². The molecule has 1 N–H and O–H groups in total. The fourth-order valence-electron chi connectivity index (χ4n) is 3.28. The van der Waals surface area contributed by atoms with E-state index in [4.69, 9.17) is 0 Å². The monoisotopic (exact) mass is 324 g/mol. The van der Waals surface area contributed by atoms with Gasteiger partial charge in [0, 0.05) is 31.8 Å². The lowest BCUT2D eigenvalue weighted by Gasteiger charge is -2.29. The SMILES string of the molecule is CS(=O)(=O)c1cnc(N2CCCCC2)nc1C1CCCNC1. The molecular formula is C15H24N4O2S. The molecule has 0 aliphatic carbocycles. The number of sulfone groups is 1. The van der Waals surface area contributed by atoms with Crippen molar-refractivity contribution in [3.05, 3.63) is 11.9 Å². The third-order valence-electron chi connectivity index (χ3n) is 4.49. The van der Waals surface area contributed by atoms with Gasteiger partial charge in [0.2, 0.25) is 5.95 Å². The molecule has 0 spiro atoms. The first-order valence-electron chi connectivity index (χ1n) is 8.08. The molecule has 22 heavy (non-hydrogen) atoms. The zero-order chi connectivity index (χ0) is 15.6. The molecule has 1 atom stereocenters. The van der Waals surface area contributed by atoms with Crippen LogP contribution in [0.15, 0.2) is 11.1 Å². The lowest BCUT2D eigenvalue weighted by atomic mass is 9.96. The molecule has 6 nitrogen and oxygen atoms in total. The van der Waals surface area contributed by atoms with Gasteiger partial charge in [-0.05, 0) is 38.6 Å². The molecular weight excluding hydrogens is 300 g/mol. The summed E-state index contributed by atoms with van der Waals surface area (Å²) in [5, 5.41) is 3.34. The smallest absolute Gasteiger partial charge is 0.225 e. The van der Waals surface area contributed by atoms with Crippen molar-refractivity contribution in [1.82, 2.24) is 15.3 Å². The van der Waals surface area contributed by atoms with Gasteiger partial charge in [0.25, 0.3) is 0 Å². The fraction of sp³-hybridized carbons (Fsp3) is 0.733. The van der Waals surface area contributed by atoms with Gasteiger partial charge in [-0.25, -0.2) is 18.4 Å². The van der Waals surface area contributed by atoms with E-state index >= 15 is 0 Å². The molecule has 0 aromatic carbocycles. The fourth-order valence-corrected chi connectivity index (χ4v) is 4.12. The highest BCUT2D eigenvalue weighted by Crippen LogP contribution is 2.29. The van der Waals surface area contributed by atoms with Crippen molar-refractivity contribution >= 4 is 15.8 Å². The molecule has 2 saturated heterocycles. The Balaban J connectivity index is 1.97. The molecule has 2 aliphatic heterocycles. The van der Waals surface area contributed by atoms with Crippen molar-refractivity contribution in [2.75, 3.05) is 37.3 Å². The molecule has 0 bridgehead atoms. The van der Waals surface area contributed by atoms with E-state index in [1.54, 1.807) is 0 Å². The van der Waals surface area contributed by atoms with Crippen LogP contribution in [-0.4, -0.2) is 50.8 Å². The van der Waals surface area contributed by atoms with Crippen molar-refractivity contribution in [3.8, 4) is 0 Å². The van der Waals surface area contributed by atoms with E-state index in [-0.39, 0.29) is 5.92 Å². The lowest BCUT2D eigenvalue weighted by molar-refractivity contribution is 0.447. The summed E-state index contributed by atoms with van der Waals surface area (Å²) in [7, 11) is -3.30. The maximum atomic E-state index is 12.1. The van der Waals surface area contributed by atoms with Crippen LogP contribution in [0, 0.1) is 0 Å². The number of aromatic nitrogens is 2. The van der Waals surface area contributed by atoms with Crippen molar-refractivity contribution in [2.45, 2.75) is 42.9 Å². The molecule has 3 rings (SSSR count). The van der Waals surface area contributed by atoms with E-state index in [9.17, 15) is 8.42 Å². The standard InChI is InChI=1S/C15H24N4O2S/c1-22(20,21)13-11-17-15(19-8-3-2-4-9-19)18-14(13)12-6-5-7-16-10-12/h11-12,16H,2-10H2,1H3. The first kappa shape index (κ1) is 15.7. The summed E-state index contributed by atoms with van der Waals surface area (Å²) in [6.07, 6.45) is 8.33. The molecule has 122 valence electrons. The zero-order valence-electron chi connectivity index (χ0n) is 13.1. The molecule has 2 fully saturated rings. The molecule has 0 radical (unpaired) electrons. The van der Waals surface area contributed by atoms with Crippen LogP contribution in [0.2, 0.25) is 0 Å². The van der Waals surface area contributed by atoms with Crippen LogP contribution < -0.4 is 10.2 Å². The van der Waals surface area contributed by atoms with Gasteiger partial charge in [-0.3, -0.25) is 0 Å². The Bertz CT molecular complexity index is 620. The summed E-state index contributed by atoms with van der Waals surface area (Å²) in [6.45, 7) is 3.70. The molecule has 0 amide bonds. The maximum Gasteiger partial charge on any atom is 0.225 e. The predicted octanol–water partition coefficient (Wildman–Crippen LogP) is 1.34. The normalized spacial score (nSPS) is 23.5. The van der Waals surface area contributed by atoms with Crippen LogP contribution in [-0.2, 0) is 9.84 Å². The molecule has 0 saturated carbocycles. The van der Waals surface area contributed by atoms with Crippen LogP contribution in [0.25, 0.3) is 0 Å². The van der Waals surface area contributed by atoms with E-state index in [1.165, 1.54) is 18.9 Å². The molecule has 3 heterocycles. The number of hydrogen-bond acceptors (Lipinski definition) is 6. The Morgan fingerprint density at radius 3 is 2.64 bits per heavy atom. The summed E-state index contributed by atoms with van der Waals surface area (Å²) in [5.41, 5.74) is 0.699. The number of rotatable bonds is 3. The van der Waals surface area contributed by atoms with Crippen LogP contribution in [0.1, 0.15) is 43.7 Å². The van der Waals surface area contributed by atoms with E-state index in [0.29, 0.717) is 16.5 Å². The Hall–Kier alpha value is -1.21. The summed E-state index contributed by atoms with van der Waals surface area (Å²) in [5.74, 6) is 0.845. The lowest BCUT2D eigenvalue weighted by Crippen LogP contribution is -2.33. The van der Waals surface area contributed by atoms with Crippen LogP contribution in [0.4, 0.5) is 5.95 Å². The van der Waals surface area contributed by atoms with Crippen LogP contribution >= 0.6 is 0 Å². The molecule has 1 unspecified atom stereocenters. The number of piperidine rings is 2. The average Bonchev–Trinajstić information content (AvgIpc) is 2.55. The van der Waals surface area contributed by atoms with Crippen LogP contribution in [0.5, 0.6) is 0 Å². The topological polar surface area (TPSA) is 75.2 Å². The van der Waals surface area contributed by atoms with Crippen molar-refractivity contribution < 1.29 is 8.42 Å². The van der Waals surface area contributed by atoms with Crippen molar-refractivity contribution in [1.29, 1.82) is 0 Å². The van der Waals surface area contributed by atoms with Crippen LogP contribution in [0.3, 0.4) is 0 Å². The molecule has 1 aromatic heterocycles. The summed E-state index contributed by atoms with van der Waals surface area (Å²) < 4.78 is 24.1. The quantitative estimate of drug-likeness (QED) is 0.904. The second-order valence-electron chi connectivity index (χ2n) is 6.28. The number of nitrogens with one attached hydrogen (secondary N) is 1. The summed E-state index contributed by atoms with van der Waals surface area (Å²) in [4.78, 5) is 11.5. The number of nitrogens with zero attached hydrogens (tertiary/aromatic N) is 3. The Labute approximate surface area is 132 Å². The molecule has 7 heteroatoms. The van der Waals surface area contributed by atoms with Gasteiger partial charge < -0.3 is 10.2 Å². The van der Waals surface area contributed by atoms with Gasteiger partial charge >= 0.3 is 0 Å². The van der Waals surface area contributed by atoms with E-state index in [2.05, 4.69) is 20.2 Å². The Morgan fingerprint density at radius 2 is 2.00 bits per heavy atom. The minimum atomic E-state index is -3.30. The second kappa shape index (κ2) is 6.50. The molecule has 2 aliphatic rings. The number of anilines is 1. The molecule has 1 aromatic rings. The third kappa shape index (κ3) is 3.41. The van der Waals surface area contributed by atoms with Gasteiger partial charge in [-0.2, -0.15) is 0 Å². The Morgan fingerprint density at radius 1 is 1.23 bits per heavy atom. The largest absolute Gasteiger partial charge is 0.341 e. The van der Waals surface area contributed by atoms with Gasteiger partial charge in [0.05, 0.1) is 11.9 Å². The number of hydrogen-bond donors (Lipinski definition) is 1. The minimum absolute atomic E-state index is 0.157. The second-order valence-corrected chi connectivity index (χ2v) is 8.27. The van der Waals surface area contributed by atoms with E-state index < -0.39 is 9.84 Å². The third-order valence-corrected chi connectivity index (χ3v) is 5.61. The summed E-state index contributed by atoms with van der Waals surface area (Å²) in [6, 6.07) is 0. The van der Waals surface area contributed by atoms with Gasteiger partial charge in [0.1, 0.15) is 4.90 Å². The first-order valence-corrected chi connectivity index (χ1v) is 9.97. The van der Waals surface area contributed by atoms with Crippen molar-refractivity contribution in [3.63, 3.8) is 0 Å². The van der Waals surface area contributed by atoms with Gasteiger partial charge in [-0.1, -0.05) is 0 Å². The predicted molar refractivity (Wildman–Crippen MR) is 86.1 cm³/mol. The average molecular weight is 324 g/mol. The van der Waals surface area contributed by atoms with Crippen molar-refractivity contribution in [2.24, 2.45) is 0 Å². The van der Waals surface area contributed by atoms with Gasteiger partial charge in [-0.15, -0.1) is 0 Å². The summed E-state index contributed by atoms with van der Waals surface area (Å²) >= 11 is 0. The highest BCUT2D eigenvalue weighted by atomic mass is 32.2. The van der Waals surface area contributed by atoms with E-state index in [1.807, 2.05) is 0 Å². The highest BCUT2D eigenvalue weighted by Gasteiger charge is 2.26. The zero-order valence-corrected chi connectivity index (χ0v) is 13.9. The highest BCUT2D eigenvalue weighted by molar-refractivity contribution is 7.90. The first-order chi connectivity index (χ1) is 10.6. The Kier molecular flexibility index (Phi) is 4.63. The minimum Gasteiger partial charge on any atom is -0.341 e.